The van der Waals surface area contributed by atoms with Gasteiger partial charge in [-0.3, -0.25) is 0 Å². The van der Waals surface area contributed by atoms with Gasteiger partial charge in [0.15, 0.2) is 0 Å². The second-order valence-electron chi connectivity index (χ2n) is 3.23. The molecule has 4 nitrogen and oxygen atoms in total. The van der Waals surface area contributed by atoms with Gasteiger partial charge in [0.2, 0.25) is 0 Å². The summed E-state index contributed by atoms with van der Waals surface area (Å²) in [4.78, 5) is 1.03. The molecule has 1 N–H and O–H groups in total. The summed E-state index contributed by atoms with van der Waals surface area (Å²) in [6.45, 7) is 2.21. The van der Waals surface area contributed by atoms with Gasteiger partial charge in [0, 0.05) is 12.4 Å². The van der Waals surface area contributed by atoms with Crippen LogP contribution in [-0.2, 0) is 0 Å². The van der Waals surface area contributed by atoms with E-state index in [4.69, 9.17) is 9.52 Å². The Labute approximate surface area is 102 Å². The summed E-state index contributed by atoms with van der Waals surface area (Å²) in [6.07, 6.45) is 0.737. The van der Waals surface area contributed by atoms with Gasteiger partial charge in [-0.25, -0.2) is 0 Å². The minimum atomic E-state index is 0.192. The van der Waals surface area contributed by atoms with Crippen LogP contribution in [0.5, 0.6) is 0 Å². The zero-order valence-electron chi connectivity index (χ0n) is 8.84. The van der Waals surface area contributed by atoms with Crippen molar-refractivity contribution in [1.29, 1.82) is 0 Å². The van der Waals surface area contributed by atoms with E-state index in [0.717, 1.165) is 22.6 Å². The normalized spacial score (nSPS) is 10.9. The Hall–Kier alpha value is -0.850. The fourth-order valence-electron chi connectivity index (χ4n) is 1.18. The van der Waals surface area contributed by atoms with Crippen molar-refractivity contribution in [2.24, 2.45) is 0 Å². The molecule has 0 aliphatic heterocycles. The monoisotopic (exact) mass is 256 g/mol. The van der Waals surface area contributed by atoms with E-state index in [0.29, 0.717) is 11.1 Å². The van der Waals surface area contributed by atoms with Crippen molar-refractivity contribution in [2.45, 2.75) is 18.6 Å². The molecule has 2 aromatic rings. The second kappa shape index (κ2) is 5.47. The van der Waals surface area contributed by atoms with Crippen molar-refractivity contribution in [2.75, 3.05) is 12.4 Å². The van der Waals surface area contributed by atoms with Crippen molar-refractivity contribution in [1.82, 2.24) is 10.2 Å². The average molecular weight is 256 g/mol. The van der Waals surface area contributed by atoms with Gasteiger partial charge in [-0.1, -0.05) is 11.8 Å². The van der Waals surface area contributed by atoms with Gasteiger partial charge in [0.05, 0.1) is 4.88 Å². The van der Waals surface area contributed by atoms with Crippen molar-refractivity contribution >= 4 is 23.1 Å². The molecule has 0 fully saturated rings. The molecule has 0 bridgehead atoms. The summed E-state index contributed by atoms with van der Waals surface area (Å²) in [5, 5.41) is 19.2. The molecule has 86 valence electrons. The van der Waals surface area contributed by atoms with Crippen LogP contribution in [0.15, 0.2) is 21.1 Å². The molecule has 6 heteroatoms. The van der Waals surface area contributed by atoms with E-state index in [1.54, 1.807) is 11.3 Å². The standard InChI is InChI=1S/C10H12N2O2S2/c1-7-3-6-15-8(7)9-11-12-10(14-9)16-5-2-4-13/h3,6,13H,2,4-5H2,1H3. The lowest BCUT2D eigenvalue weighted by atomic mass is 10.3. The first-order chi connectivity index (χ1) is 7.81. The van der Waals surface area contributed by atoms with Crippen molar-refractivity contribution in [3.05, 3.63) is 17.0 Å². The maximum Gasteiger partial charge on any atom is 0.276 e. The molecule has 0 saturated carbocycles. The van der Waals surface area contributed by atoms with Crippen molar-refractivity contribution in [3.63, 3.8) is 0 Å². The quantitative estimate of drug-likeness (QED) is 0.658. The highest BCUT2D eigenvalue weighted by Crippen LogP contribution is 2.29. The van der Waals surface area contributed by atoms with Gasteiger partial charge in [-0.2, -0.15) is 0 Å². The van der Waals surface area contributed by atoms with Crippen molar-refractivity contribution in [3.8, 4) is 10.8 Å². The van der Waals surface area contributed by atoms with Crippen molar-refractivity contribution < 1.29 is 9.52 Å². The Balaban J connectivity index is 2.05. The minimum Gasteiger partial charge on any atom is -0.410 e. The van der Waals surface area contributed by atoms with E-state index in [9.17, 15) is 0 Å². The van der Waals surface area contributed by atoms with Gasteiger partial charge in [-0.15, -0.1) is 21.5 Å². The Morgan fingerprint density at radius 1 is 1.50 bits per heavy atom. The summed E-state index contributed by atoms with van der Waals surface area (Å²) >= 11 is 3.07. The lowest BCUT2D eigenvalue weighted by molar-refractivity contribution is 0.296. The lowest BCUT2D eigenvalue weighted by Crippen LogP contribution is -1.85. The average Bonchev–Trinajstić information content (AvgIpc) is 2.87. The lowest BCUT2D eigenvalue weighted by Gasteiger charge is -1.92. The number of nitrogens with zero attached hydrogens (tertiary/aromatic N) is 2. The molecule has 2 heterocycles. The molecular formula is C10H12N2O2S2. The molecule has 2 aromatic heterocycles. The van der Waals surface area contributed by atoms with Gasteiger partial charge in [0.1, 0.15) is 0 Å². The molecule has 16 heavy (non-hydrogen) atoms. The van der Waals surface area contributed by atoms with Gasteiger partial charge >= 0.3 is 0 Å². The van der Waals surface area contributed by atoms with Gasteiger partial charge < -0.3 is 9.52 Å². The fraction of sp³-hybridized carbons (Fsp3) is 0.400. The predicted molar refractivity (Wildman–Crippen MR) is 64.8 cm³/mol. The molecule has 0 unspecified atom stereocenters. The number of aliphatic hydroxyl groups excluding tert-OH is 1. The third kappa shape index (κ3) is 2.63. The molecule has 0 aliphatic carbocycles. The Morgan fingerprint density at radius 2 is 2.38 bits per heavy atom. The molecule has 0 radical (unpaired) electrons. The molecule has 0 aromatic carbocycles. The van der Waals surface area contributed by atoms with Crippen LogP contribution < -0.4 is 0 Å². The number of hydrogen-bond donors (Lipinski definition) is 1. The van der Waals surface area contributed by atoms with Crippen LogP contribution >= 0.6 is 23.1 Å². The zero-order valence-corrected chi connectivity index (χ0v) is 10.5. The summed E-state index contributed by atoms with van der Waals surface area (Å²) in [6, 6.07) is 2.03. The Bertz CT molecular complexity index is 453. The molecule has 2 rings (SSSR count). The topological polar surface area (TPSA) is 59.2 Å². The maximum absolute atomic E-state index is 8.66. The summed E-state index contributed by atoms with van der Waals surface area (Å²) in [5.74, 6) is 1.38. The molecule has 0 saturated heterocycles. The van der Waals surface area contributed by atoms with E-state index < -0.39 is 0 Å². The fourth-order valence-corrected chi connectivity index (χ4v) is 2.71. The van der Waals surface area contributed by atoms with Crippen LogP contribution in [0.1, 0.15) is 12.0 Å². The SMILES string of the molecule is Cc1ccsc1-c1nnc(SCCCO)o1. The van der Waals surface area contributed by atoms with E-state index in [2.05, 4.69) is 10.2 Å². The van der Waals surface area contributed by atoms with Crippen LogP contribution in [0, 0.1) is 6.92 Å². The highest BCUT2D eigenvalue weighted by Gasteiger charge is 2.11. The van der Waals surface area contributed by atoms with E-state index >= 15 is 0 Å². The first-order valence-corrected chi connectivity index (χ1v) is 6.79. The molecular weight excluding hydrogens is 244 g/mol. The zero-order chi connectivity index (χ0) is 11.4. The van der Waals surface area contributed by atoms with Crippen LogP contribution in [0.2, 0.25) is 0 Å². The van der Waals surface area contributed by atoms with Gasteiger partial charge in [-0.05, 0) is 30.4 Å². The molecule has 0 aliphatic rings. The van der Waals surface area contributed by atoms with Crippen LogP contribution in [-0.4, -0.2) is 27.7 Å². The first-order valence-electron chi connectivity index (χ1n) is 4.93. The summed E-state index contributed by atoms with van der Waals surface area (Å²) in [5.41, 5.74) is 1.15. The smallest absolute Gasteiger partial charge is 0.276 e. The van der Waals surface area contributed by atoms with Crippen LogP contribution in [0.4, 0.5) is 0 Å². The van der Waals surface area contributed by atoms with Crippen LogP contribution in [0.3, 0.4) is 0 Å². The molecule has 0 atom stereocenters. The van der Waals surface area contributed by atoms with E-state index in [1.807, 2.05) is 18.4 Å². The van der Waals surface area contributed by atoms with E-state index in [1.165, 1.54) is 11.8 Å². The predicted octanol–water partition coefficient (Wildman–Crippen LogP) is 2.58. The third-order valence-corrected chi connectivity index (χ3v) is 3.90. The summed E-state index contributed by atoms with van der Waals surface area (Å²) < 4.78 is 5.52. The second-order valence-corrected chi connectivity index (χ2v) is 5.19. The number of rotatable bonds is 5. The number of aromatic nitrogens is 2. The van der Waals surface area contributed by atoms with Gasteiger partial charge in [0.25, 0.3) is 11.1 Å². The highest BCUT2D eigenvalue weighted by atomic mass is 32.2. The number of hydrogen-bond acceptors (Lipinski definition) is 6. The highest BCUT2D eigenvalue weighted by molar-refractivity contribution is 7.99. The number of thioether (sulfide) groups is 1. The summed E-state index contributed by atoms with van der Waals surface area (Å²) in [7, 11) is 0. The number of aliphatic hydroxyl groups is 1. The maximum atomic E-state index is 8.66. The molecule has 0 spiro atoms. The Kier molecular flexibility index (Phi) is 3.98. The third-order valence-electron chi connectivity index (χ3n) is 1.99. The van der Waals surface area contributed by atoms with E-state index in [-0.39, 0.29) is 6.61 Å². The first kappa shape index (κ1) is 11.6. The minimum absolute atomic E-state index is 0.192. The number of thiophene rings is 1. The largest absolute Gasteiger partial charge is 0.410 e. The van der Waals surface area contributed by atoms with Crippen LogP contribution in [0.25, 0.3) is 10.8 Å². The molecule has 0 amide bonds. The Morgan fingerprint density at radius 3 is 3.06 bits per heavy atom. The number of aryl methyl sites for hydroxylation is 1.